The summed E-state index contributed by atoms with van der Waals surface area (Å²) in [7, 11) is 0. The van der Waals surface area contributed by atoms with Crippen molar-refractivity contribution in [3.63, 3.8) is 0 Å². The lowest BCUT2D eigenvalue weighted by atomic mass is 10.2. The van der Waals surface area contributed by atoms with Gasteiger partial charge in [0.2, 0.25) is 0 Å². The summed E-state index contributed by atoms with van der Waals surface area (Å²) >= 11 is 0. The number of nitrogens with two attached hydrogens (primary N) is 1. The molecule has 2 aromatic rings. The minimum atomic E-state index is -4.71. The first-order valence-corrected chi connectivity index (χ1v) is 8.31. The third-order valence-corrected chi connectivity index (χ3v) is 3.89. The molecular formula is C19H19F3N4O. The van der Waals surface area contributed by atoms with Crippen LogP contribution in [0.3, 0.4) is 0 Å². The topological polar surface area (TPSA) is 62.9 Å². The molecule has 0 aliphatic carbocycles. The molecule has 0 radical (unpaired) electrons. The van der Waals surface area contributed by atoms with Gasteiger partial charge in [0.25, 0.3) is 0 Å². The summed E-state index contributed by atoms with van der Waals surface area (Å²) in [5.41, 5.74) is 8.51. The highest BCUT2D eigenvalue weighted by Gasteiger charge is 2.30. The molecule has 27 heavy (non-hydrogen) atoms. The van der Waals surface area contributed by atoms with Gasteiger partial charge in [0.15, 0.2) is 5.96 Å². The fourth-order valence-electron chi connectivity index (χ4n) is 2.64. The second kappa shape index (κ2) is 8.03. The average molecular weight is 376 g/mol. The number of nitrogens with zero attached hydrogens (tertiary/aromatic N) is 2. The SMILES string of the molecule is NC(=NCc1cccc(N2CC=CC2)c1)Nc1ccc(OC(F)(F)F)cc1. The lowest BCUT2D eigenvalue weighted by Gasteiger charge is -2.18. The van der Waals surface area contributed by atoms with Crippen LogP contribution in [0.2, 0.25) is 0 Å². The van der Waals surface area contributed by atoms with Gasteiger partial charge in [-0.1, -0.05) is 24.3 Å². The Labute approximate surface area is 155 Å². The quantitative estimate of drug-likeness (QED) is 0.472. The maximum Gasteiger partial charge on any atom is 0.573 e. The number of hydrogen-bond acceptors (Lipinski definition) is 3. The van der Waals surface area contributed by atoms with Crippen LogP contribution < -0.4 is 20.7 Å². The van der Waals surface area contributed by atoms with Crippen molar-refractivity contribution < 1.29 is 17.9 Å². The minimum Gasteiger partial charge on any atom is -0.406 e. The molecule has 0 saturated heterocycles. The van der Waals surface area contributed by atoms with Crippen LogP contribution in [0.15, 0.2) is 65.7 Å². The number of benzene rings is 2. The van der Waals surface area contributed by atoms with Gasteiger partial charge in [0.1, 0.15) is 5.75 Å². The van der Waals surface area contributed by atoms with Gasteiger partial charge in [0.05, 0.1) is 6.54 Å². The van der Waals surface area contributed by atoms with Crippen LogP contribution in [-0.4, -0.2) is 25.4 Å². The van der Waals surface area contributed by atoms with Crippen molar-refractivity contribution in [3.8, 4) is 5.75 Å². The zero-order valence-electron chi connectivity index (χ0n) is 14.4. The zero-order valence-corrected chi connectivity index (χ0v) is 14.4. The molecule has 3 rings (SSSR count). The van der Waals surface area contributed by atoms with Crippen molar-refractivity contribution in [3.05, 3.63) is 66.2 Å². The minimum absolute atomic E-state index is 0.174. The van der Waals surface area contributed by atoms with Crippen LogP contribution >= 0.6 is 0 Å². The Balaban J connectivity index is 1.57. The summed E-state index contributed by atoms with van der Waals surface area (Å²) in [6.07, 6.45) is -0.468. The highest BCUT2D eigenvalue weighted by atomic mass is 19.4. The molecule has 0 bridgehead atoms. The first-order chi connectivity index (χ1) is 12.9. The maximum absolute atomic E-state index is 12.2. The summed E-state index contributed by atoms with van der Waals surface area (Å²) in [6, 6.07) is 13.3. The number of halogens is 3. The van der Waals surface area contributed by atoms with E-state index in [9.17, 15) is 13.2 Å². The first-order valence-electron chi connectivity index (χ1n) is 8.31. The second-order valence-corrected chi connectivity index (χ2v) is 5.94. The van der Waals surface area contributed by atoms with Gasteiger partial charge >= 0.3 is 6.36 Å². The lowest BCUT2D eigenvalue weighted by molar-refractivity contribution is -0.274. The molecule has 1 heterocycles. The standard InChI is InChI=1S/C19H19F3N4O/c20-19(21,22)27-17-8-6-15(7-9-17)25-18(23)24-13-14-4-3-5-16(12-14)26-10-1-2-11-26/h1-9,12H,10-11,13H2,(H3,23,24,25). The normalized spacial score (nSPS) is 14.5. The van der Waals surface area contributed by atoms with Crippen molar-refractivity contribution in [1.82, 2.24) is 0 Å². The molecule has 0 amide bonds. The summed E-state index contributed by atoms with van der Waals surface area (Å²) in [4.78, 5) is 6.51. The second-order valence-electron chi connectivity index (χ2n) is 5.94. The Hall–Kier alpha value is -3.16. The Morgan fingerprint density at radius 1 is 1.11 bits per heavy atom. The first kappa shape index (κ1) is 18.6. The Morgan fingerprint density at radius 3 is 2.48 bits per heavy atom. The van der Waals surface area contributed by atoms with E-state index in [1.807, 2.05) is 18.2 Å². The van der Waals surface area contributed by atoms with E-state index in [4.69, 9.17) is 5.73 Å². The number of nitrogens with one attached hydrogen (secondary N) is 1. The molecule has 0 unspecified atom stereocenters. The Kier molecular flexibility index (Phi) is 5.54. The van der Waals surface area contributed by atoms with E-state index in [1.54, 1.807) is 0 Å². The highest BCUT2D eigenvalue weighted by molar-refractivity contribution is 5.92. The summed E-state index contributed by atoms with van der Waals surface area (Å²) in [5.74, 6) is -0.121. The Bertz CT molecular complexity index is 824. The number of hydrogen-bond donors (Lipinski definition) is 2. The van der Waals surface area contributed by atoms with Crippen LogP contribution in [0, 0.1) is 0 Å². The fraction of sp³-hybridized carbons (Fsp3) is 0.211. The third kappa shape index (κ3) is 5.67. The smallest absolute Gasteiger partial charge is 0.406 e. The van der Waals surface area contributed by atoms with Crippen LogP contribution in [0.25, 0.3) is 0 Å². The number of anilines is 2. The predicted octanol–water partition coefficient (Wildman–Crippen LogP) is 3.89. The van der Waals surface area contributed by atoms with E-state index in [0.717, 1.165) is 24.3 Å². The van der Waals surface area contributed by atoms with Gasteiger partial charge in [-0.15, -0.1) is 13.2 Å². The Morgan fingerprint density at radius 2 is 1.81 bits per heavy atom. The third-order valence-electron chi connectivity index (χ3n) is 3.89. The van der Waals surface area contributed by atoms with E-state index in [-0.39, 0.29) is 11.7 Å². The molecule has 0 saturated carbocycles. The molecule has 0 spiro atoms. The molecule has 1 aliphatic heterocycles. The molecular weight excluding hydrogens is 357 g/mol. The van der Waals surface area contributed by atoms with Crippen LogP contribution in [0.5, 0.6) is 5.75 Å². The molecule has 2 aromatic carbocycles. The number of ether oxygens (including phenoxy) is 1. The molecule has 1 aliphatic rings. The lowest BCUT2D eigenvalue weighted by Crippen LogP contribution is -2.22. The van der Waals surface area contributed by atoms with E-state index in [1.165, 1.54) is 24.3 Å². The maximum atomic E-state index is 12.2. The van der Waals surface area contributed by atoms with Gasteiger partial charge in [-0.2, -0.15) is 0 Å². The van der Waals surface area contributed by atoms with Gasteiger partial charge < -0.3 is 20.7 Å². The van der Waals surface area contributed by atoms with Crippen molar-refractivity contribution in [2.75, 3.05) is 23.3 Å². The highest BCUT2D eigenvalue weighted by Crippen LogP contribution is 2.24. The monoisotopic (exact) mass is 376 g/mol. The van der Waals surface area contributed by atoms with E-state index >= 15 is 0 Å². The number of guanidine groups is 1. The van der Waals surface area contributed by atoms with Gasteiger partial charge in [-0.3, -0.25) is 0 Å². The van der Waals surface area contributed by atoms with Crippen molar-refractivity contribution in [1.29, 1.82) is 0 Å². The van der Waals surface area contributed by atoms with E-state index in [0.29, 0.717) is 12.2 Å². The molecule has 0 atom stereocenters. The van der Waals surface area contributed by atoms with Gasteiger partial charge in [-0.05, 0) is 42.0 Å². The van der Waals surface area contributed by atoms with Crippen molar-refractivity contribution in [2.24, 2.45) is 10.7 Å². The largest absolute Gasteiger partial charge is 0.573 e. The van der Waals surface area contributed by atoms with Crippen LogP contribution in [-0.2, 0) is 6.54 Å². The van der Waals surface area contributed by atoms with Gasteiger partial charge in [-0.25, -0.2) is 4.99 Å². The average Bonchev–Trinajstić information content (AvgIpc) is 3.15. The molecule has 0 fully saturated rings. The van der Waals surface area contributed by atoms with E-state index < -0.39 is 6.36 Å². The van der Waals surface area contributed by atoms with Crippen LogP contribution in [0.1, 0.15) is 5.56 Å². The number of aliphatic imine (C=N–C) groups is 1. The molecule has 3 N–H and O–H groups in total. The summed E-state index contributed by atoms with van der Waals surface area (Å²) in [6.45, 7) is 2.18. The van der Waals surface area contributed by atoms with Crippen LogP contribution in [0.4, 0.5) is 24.5 Å². The fourth-order valence-corrected chi connectivity index (χ4v) is 2.64. The van der Waals surface area contributed by atoms with E-state index in [2.05, 4.69) is 38.2 Å². The van der Waals surface area contributed by atoms with Gasteiger partial charge in [0, 0.05) is 24.5 Å². The number of alkyl halides is 3. The molecule has 142 valence electrons. The summed E-state index contributed by atoms with van der Waals surface area (Å²) in [5, 5.41) is 2.84. The zero-order chi connectivity index (χ0) is 19.3. The predicted molar refractivity (Wildman–Crippen MR) is 99.9 cm³/mol. The van der Waals surface area contributed by atoms with Crippen molar-refractivity contribution in [2.45, 2.75) is 12.9 Å². The summed E-state index contributed by atoms with van der Waals surface area (Å²) < 4.78 is 40.3. The molecule has 5 nitrogen and oxygen atoms in total. The number of rotatable bonds is 5. The van der Waals surface area contributed by atoms with Crippen molar-refractivity contribution >= 4 is 17.3 Å². The molecule has 0 aromatic heterocycles. The molecule has 8 heteroatoms.